The van der Waals surface area contributed by atoms with Crippen LogP contribution in [-0.4, -0.2) is 36.7 Å². The lowest BCUT2D eigenvalue weighted by Crippen LogP contribution is -2.27. The highest BCUT2D eigenvalue weighted by Crippen LogP contribution is 2.28. The third-order valence-electron chi connectivity index (χ3n) is 5.85. The second kappa shape index (κ2) is 13.1. The molecule has 212 valence electrons. The lowest BCUT2D eigenvalue weighted by Gasteiger charge is -2.18. The van der Waals surface area contributed by atoms with Crippen LogP contribution in [0.4, 0.5) is 22.0 Å². The monoisotopic (exact) mass is 560 g/mol. The summed E-state index contributed by atoms with van der Waals surface area (Å²) in [6.07, 6.45) is 8.80. The number of aromatic nitrogens is 1. The zero-order valence-corrected chi connectivity index (χ0v) is 22.1. The second-order valence-corrected chi connectivity index (χ2v) is 8.74. The predicted molar refractivity (Wildman–Crippen MR) is 147 cm³/mol. The summed E-state index contributed by atoms with van der Waals surface area (Å²) in [5, 5.41) is 13.4. The van der Waals surface area contributed by atoms with E-state index in [-0.39, 0.29) is 22.7 Å². The summed E-state index contributed by atoms with van der Waals surface area (Å²) in [5.41, 5.74) is 2.84. The van der Waals surface area contributed by atoms with Gasteiger partial charge in [-0.15, -0.1) is 0 Å². The topological polar surface area (TPSA) is 79.1 Å². The predicted octanol–water partition coefficient (Wildman–Crippen LogP) is 6.42. The van der Waals surface area contributed by atoms with E-state index in [4.69, 9.17) is 5.41 Å². The van der Waals surface area contributed by atoms with Gasteiger partial charge >= 0.3 is 12.8 Å². The van der Waals surface area contributed by atoms with Gasteiger partial charge < -0.3 is 20.8 Å². The van der Waals surface area contributed by atoms with Crippen LogP contribution in [0.15, 0.2) is 83.1 Å². The van der Waals surface area contributed by atoms with Crippen LogP contribution in [0.5, 0.6) is 5.75 Å². The number of pyridine rings is 1. The standard InChI is InChI=1S/C29H29F5N4O2/c1-4-5-22(37-17-29(32,33)34)9-6-20-16-38(23-10-13-25(35)21(14-23)15-36-3)27(39)26(18(20)2)19-7-11-24(12-8-19)40-28(30)31/h5-16,28,35-37H,4,17H2,1-3H3/b9-6-,21-15-,22-5-,35-25?. The molecule has 1 aromatic carbocycles. The highest BCUT2D eigenvalue weighted by molar-refractivity contribution is 6.11. The molecule has 0 atom stereocenters. The number of ether oxygens (including phenoxy) is 1. The second-order valence-electron chi connectivity index (χ2n) is 8.74. The van der Waals surface area contributed by atoms with Gasteiger partial charge in [-0.05, 0) is 66.5 Å². The molecule has 0 aliphatic heterocycles. The molecule has 0 saturated carbocycles. The molecular formula is C29H29F5N4O2. The molecule has 3 rings (SSSR count). The minimum atomic E-state index is -4.40. The van der Waals surface area contributed by atoms with E-state index in [0.717, 1.165) is 0 Å². The zero-order chi connectivity index (χ0) is 29.4. The third kappa shape index (κ3) is 7.81. The van der Waals surface area contributed by atoms with E-state index in [0.29, 0.717) is 34.4 Å². The third-order valence-corrected chi connectivity index (χ3v) is 5.85. The first-order valence-corrected chi connectivity index (χ1v) is 12.3. The maximum atomic E-state index is 13.8. The van der Waals surface area contributed by atoms with Gasteiger partial charge in [0, 0.05) is 36.4 Å². The molecule has 0 spiro atoms. The number of rotatable bonds is 10. The Morgan fingerprint density at radius 1 is 1.18 bits per heavy atom. The minimum absolute atomic E-state index is 0.0730. The van der Waals surface area contributed by atoms with Gasteiger partial charge in [0.2, 0.25) is 0 Å². The van der Waals surface area contributed by atoms with Crippen LogP contribution in [0.25, 0.3) is 22.9 Å². The lowest BCUT2D eigenvalue weighted by molar-refractivity contribution is -0.123. The van der Waals surface area contributed by atoms with Crippen LogP contribution in [0, 0.1) is 12.3 Å². The molecule has 0 saturated heterocycles. The molecular weight excluding hydrogens is 531 g/mol. The number of hydrogen-bond acceptors (Lipinski definition) is 5. The van der Waals surface area contributed by atoms with Gasteiger partial charge in [-0.3, -0.25) is 9.36 Å². The molecule has 1 aromatic heterocycles. The van der Waals surface area contributed by atoms with Crippen molar-refractivity contribution < 1.29 is 26.7 Å². The molecule has 1 aliphatic rings. The van der Waals surface area contributed by atoms with Crippen molar-refractivity contribution in [3.05, 3.63) is 99.8 Å². The van der Waals surface area contributed by atoms with Gasteiger partial charge in [0.05, 0.1) is 11.3 Å². The van der Waals surface area contributed by atoms with Crippen LogP contribution in [0.1, 0.15) is 24.5 Å². The number of nitrogens with one attached hydrogen (secondary N) is 3. The first-order chi connectivity index (χ1) is 18.9. The van der Waals surface area contributed by atoms with Crippen molar-refractivity contribution in [3.8, 4) is 16.9 Å². The fraction of sp³-hybridized carbons (Fsp3) is 0.241. The molecule has 1 heterocycles. The molecule has 40 heavy (non-hydrogen) atoms. The summed E-state index contributed by atoms with van der Waals surface area (Å²) in [6.45, 7) is -0.712. The average Bonchev–Trinajstić information content (AvgIpc) is 2.88. The minimum Gasteiger partial charge on any atom is -0.435 e. The summed E-state index contributed by atoms with van der Waals surface area (Å²) < 4.78 is 69.5. The van der Waals surface area contributed by atoms with Gasteiger partial charge in [-0.25, -0.2) is 0 Å². The Morgan fingerprint density at radius 2 is 1.88 bits per heavy atom. The van der Waals surface area contributed by atoms with E-state index in [2.05, 4.69) is 15.4 Å². The van der Waals surface area contributed by atoms with Crippen molar-refractivity contribution in [1.82, 2.24) is 15.2 Å². The van der Waals surface area contributed by atoms with Crippen LogP contribution in [0.2, 0.25) is 0 Å². The maximum absolute atomic E-state index is 13.8. The van der Waals surface area contributed by atoms with Crippen molar-refractivity contribution in [2.45, 2.75) is 33.1 Å². The Balaban J connectivity index is 2.18. The first-order valence-electron chi connectivity index (χ1n) is 12.3. The van der Waals surface area contributed by atoms with Crippen molar-refractivity contribution in [2.24, 2.45) is 0 Å². The number of nitrogens with zero attached hydrogens (tertiary/aromatic N) is 1. The molecule has 2 aromatic rings. The van der Waals surface area contributed by atoms with Crippen molar-refractivity contribution in [1.29, 1.82) is 5.41 Å². The fourth-order valence-electron chi connectivity index (χ4n) is 4.00. The molecule has 0 radical (unpaired) electrons. The van der Waals surface area contributed by atoms with E-state index in [1.807, 2.05) is 0 Å². The number of halogens is 5. The number of hydrogen-bond donors (Lipinski definition) is 3. The molecule has 0 unspecified atom stereocenters. The molecule has 6 nitrogen and oxygen atoms in total. The van der Waals surface area contributed by atoms with Gasteiger partial charge in [0.25, 0.3) is 5.56 Å². The van der Waals surface area contributed by atoms with Crippen molar-refractivity contribution in [2.75, 3.05) is 13.6 Å². The molecule has 1 aliphatic carbocycles. The van der Waals surface area contributed by atoms with Crippen LogP contribution in [0.3, 0.4) is 0 Å². The summed E-state index contributed by atoms with van der Waals surface area (Å²) in [7, 11) is 1.68. The number of benzene rings is 1. The normalized spacial score (nSPS) is 15.2. The number of alkyl halides is 5. The maximum Gasteiger partial charge on any atom is 0.405 e. The van der Waals surface area contributed by atoms with Crippen LogP contribution < -0.4 is 20.9 Å². The van der Waals surface area contributed by atoms with E-state index in [1.165, 1.54) is 34.9 Å². The quantitative estimate of drug-likeness (QED) is 0.232. The average molecular weight is 561 g/mol. The van der Waals surface area contributed by atoms with Crippen LogP contribution >= 0.6 is 0 Å². The largest absolute Gasteiger partial charge is 0.435 e. The van der Waals surface area contributed by atoms with E-state index in [9.17, 15) is 26.7 Å². The lowest BCUT2D eigenvalue weighted by atomic mass is 9.97. The molecule has 0 fully saturated rings. The van der Waals surface area contributed by atoms with Crippen LogP contribution in [-0.2, 0) is 0 Å². The zero-order valence-electron chi connectivity index (χ0n) is 22.1. The summed E-state index contributed by atoms with van der Waals surface area (Å²) in [5.74, 6) is -0.0730. The summed E-state index contributed by atoms with van der Waals surface area (Å²) in [6, 6.07) is 5.62. The highest BCUT2D eigenvalue weighted by atomic mass is 19.4. The van der Waals surface area contributed by atoms with Crippen molar-refractivity contribution >= 4 is 17.5 Å². The Hall–Kier alpha value is -4.41. The first kappa shape index (κ1) is 30.1. The summed E-state index contributed by atoms with van der Waals surface area (Å²) in [4.78, 5) is 13.8. The van der Waals surface area contributed by atoms with Gasteiger partial charge in [0.1, 0.15) is 12.3 Å². The molecule has 11 heteroatoms. The van der Waals surface area contributed by atoms with E-state index >= 15 is 0 Å². The van der Waals surface area contributed by atoms with E-state index in [1.54, 1.807) is 63.7 Å². The Bertz CT molecular complexity index is 1450. The smallest absolute Gasteiger partial charge is 0.405 e. The van der Waals surface area contributed by atoms with Gasteiger partial charge in [0.15, 0.2) is 0 Å². The Morgan fingerprint density at radius 3 is 2.48 bits per heavy atom. The fourth-order valence-corrected chi connectivity index (χ4v) is 4.00. The van der Waals surface area contributed by atoms with E-state index < -0.39 is 24.9 Å². The molecule has 3 N–H and O–H groups in total. The Labute approximate surface area is 228 Å². The molecule has 0 bridgehead atoms. The molecule has 0 amide bonds. The van der Waals surface area contributed by atoms with Gasteiger partial charge in [-0.1, -0.05) is 31.2 Å². The SMILES string of the molecule is CC/C=C(/C=C\c1cn(C2=C/C(=C/NC)C(=N)C=C2)c(=O)c(-c2ccc(OC(F)F)cc2)c1C)NCC(F)(F)F. The summed E-state index contributed by atoms with van der Waals surface area (Å²) >= 11 is 0. The van der Waals surface area contributed by atoms with Crippen molar-refractivity contribution in [3.63, 3.8) is 0 Å². The number of allylic oxidation sites excluding steroid dienone is 7. The van der Waals surface area contributed by atoms with Gasteiger partial charge in [-0.2, -0.15) is 22.0 Å². The Kier molecular flexibility index (Phi) is 9.87. The highest BCUT2D eigenvalue weighted by Gasteiger charge is 2.26.